The van der Waals surface area contributed by atoms with Crippen molar-refractivity contribution in [1.82, 2.24) is 5.06 Å². The Kier molecular flexibility index (Phi) is 3.53. The number of nitrogens with zero attached hydrogens (tertiary/aromatic N) is 2. The minimum Gasteiger partial charge on any atom is -0.363 e. The maximum absolute atomic E-state index is 12.2. The smallest absolute Gasteiger partial charge is 0.363 e. The van der Waals surface area contributed by atoms with Crippen LogP contribution < -0.4 is 5.73 Å². The van der Waals surface area contributed by atoms with Crippen molar-refractivity contribution in [3.05, 3.63) is 12.3 Å². The molecule has 0 saturated carbocycles. The quantitative estimate of drug-likeness (QED) is 0.780. The van der Waals surface area contributed by atoms with E-state index >= 15 is 0 Å². The molecule has 2 N–H and O–H groups in total. The summed E-state index contributed by atoms with van der Waals surface area (Å²) in [6, 6.07) is 0. The van der Waals surface area contributed by atoms with Gasteiger partial charge < -0.3 is 5.73 Å². The second kappa shape index (κ2) is 4.52. The number of primary amides is 1. The minimum absolute atomic E-state index is 0.0117. The van der Waals surface area contributed by atoms with Crippen LogP contribution in [0.15, 0.2) is 17.3 Å². The molecule has 0 aromatic rings. The molecule has 1 amide bonds. The van der Waals surface area contributed by atoms with E-state index in [-0.39, 0.29) is 12.4 Å². The molecule has 1 aliphatic rings. The number of nitrogens with two attached hydrogens (primary N) is 1. The zero-order valence-electron chi connectivity index (χ0n) is 8.36. The molecule has 1 unspecified atom stereocenters. The highest BCUT2D eigenvalue weighted by atomic mass is 19.4. The van der Waals surface area contributed by atoms with Crippen LogP contribution in [-0.4, -0.2) is 35.6 Å². The number of hydroxylamine groups is 2. The fourth-order valence-electron chi connectivity index (χ4n) is 0.947. The van der Waals surface area contributed by atoms with Gasteiger partial charge in [0.15, 0.2) is 6.10 Å². The molecule has 0 saturated heterocycles. The number of alkyl halides is 3. The van der Waals surface area contributed by atoms with Gasteiger partial charge in [-0.25, -0.2) is 10.1 Å². The normalized spacial score (nSPS) is 18.2. The van der Waals surface area contributed by atoms with Gasteiger partial charge in [-0.15, -0.1) is 0 Å². The number of hydrogen-bond acceptors (Lipinski definition) is 4. The summed E-state index contributed by atoms with van der Waals surface area (Å²) in [5.74, 6) is -1.29. The Morgan fingerprint density at radius 3 is 2.81 bits per heavy atom. The van der Waals surface area contributed by atoms with E-state index in [1.165, 1.54) is 12.3 Å². The van der Waals surface area contributed by atoms with Gasteiger partial charge in [0.1, 0.15) is 0 Å². The number of amides is 1. The number of carbonyl (C=O) groups is 1. The lowest BCUT2D eigenvalue weighted by molar-refractivity contribution is -0.269. The number of carbonyl (C=O) groups excluding carboxylic acids is 1. The highest BCUT2D eigenvalue weighted by Crippen LogP contribution is 2.23. The standard InChI is InChI=1S/C8H10F3N3O2/c1-5(8(9,10)11)16-14-4-2-3-13-7(14)6(12)15/h2-3,5H,4H2,1H3,(H2,12,15). The zero-order valence-corrected chi connectivity index (χ0v) is 8.36. The van der Waals surface area contributed by atoms with Gasteiger partial charge in [-0.05, 0) is 13.0 Å². The van der Waals surface area contributed by atoms with E-state index in [0.717, 1.165) is 12.0 Å². The van der Waals surface area contributed by atoms with Gasteiger partial charge in [0.2, 0.25) is 5.84 Å². The van der Waals surface area contributed by atoms with Crippen LogP contribution in [0, 0.1) is 0 Å². The third kappa shape index (κ3) is 2.96. The predicted molar refractivity (Wildman–Crippen MR) is 49.1 cm³/mol. The molecule has 8 heteroatoms. The molecule has 0 aromatic heterocycles. The van der Waals surface area contributed by atoms with E-state index in [1.807, 2.05) is 0 Å². The minimum atomic E-state index is -4.51. The van der Waals surface area contributed by atoms with Crippen molar-refractivity contribution in [2.24, 2.45) is 10.7 Å². The zero-order chi connectivity index (χ0) is 12.3. The number of hydrogen-bond donors (Lipinski definition) is 1. The summed E-state index contributed by atoms with van der Waals surface area (Å²) in [6.45, 7) is 0.819. The van der Waals surface area contributed by atoms with Crippen molar-refractivity contribution in [1.29, 1.82) is 0 Å². The monoisotopic (exact) mass is 237 g/mol. The Balaban J connectivity index is 2.71. The van der Waals surface area contributed by atoms with Gasteiger partial charge in [0, 0.05) is 6.20 Å². The first-order chi connectivity index (χ1) is 7.32. The molecule has 0 fully saturated rings. The maximum Gasteiger partial charge on any atom is 0.416 e. The number of amidine groups is 1. The summed E-state index contributed by atoms with van der Waals surface area (Å²) >= 11 is 0. The topological polar surface area (TPSA) is 67.9 Å². The lowest BCUT2D eigenvalue weighted by atomic mass is 10.4. The summed E-state index contributed by atoms with van der Waals surface area (Å²) in [5.41, 5.74) is 4.94. The van der Waals surface area contributed by atoms with E-state index in [4.69, 9.17) is 5.73 Å². The van der Waals surface area contributed by atoms with Gasteiger partial charge in [-0.1, -0.05) is 0 Å². The first kappa shape index (κ1) is 12.5. The molecule has 0 aromatic carbocycles. The van der Waals surface area contributed by atoms with Gasteiger partial charge >= 0.3 is 6.18 Å². The number of aliphatic imine (C=N–C) groups is 1. The van der Waals surface area contributed by atoms with Crippen molar-refractivity contribution in [2.45, 2.75) is 19.2 Å². The molecule has 0 bridgehead atoms. The van der Waals surface area contributed by atoms with Crippen LogP contribution in [0.25, 0.3) is 0 Å². The Morgan fingerprint density at radius 2 is 2.31 bits per heavy atom. The number of halogens is 3. The first-order valence-corrected chi connectivity index (χ1v) is 4.36. The van der Waals surface area contributed by atoms with Gasteiger partial charge in [-0.3, -0.25) is 9.63 Å². The first-order valence-electron chi connectivity index (χ1n) is 4.36. The van der Waals surface area contributed by atoms with E-state index in [2.05, 4.69) is 9.83 Å². The maximum atomic E-state index is 12.2. The van der Waals surface area contributed by atoms with Gasteiger partial charge in [-0.2, -0.15) is 13.2 Å². The van der Waals surface area contributed by atoms with E-state index in [9.17, 15) is 18.0 Å². The van der Waals surface area contributed by atoms with E-state index in [0.29, 0.717) is 0 Å². The molecule has 0 radical (unpaired) electrons. The average Bonchev–Trinajstić information content (AvgIpc) is 2.16. The molecule has 5 nitrogen and oxygen atoms in total. The molecule has 16 heavy (non-hydrogen) atoms. The van der Waals surface area contributed by atoms with Crippen LogP contribution in [0.2, 0.25) is 0 Å². The molecular weight excluding hydrogens is 227 g/mol. The lowest BCUT2D eigenvalue weighted by Crippen LogP contribution is -2.46. The highest BCUT2D eigenvalue weighted by Gasteiger charge is 2.39. The van der Waals surface area contributed by atoms with Crippen LogP contribution in [0.4, 0.5) is 13.2 Å². The Morgan fingerprint density at radius 1 is 1.69 bits per heavy atom. The van der Waals surface area contributed by atoms with Crippen molar-refractivity contribution in [3.8, 4) is 0 Å². The molecule has 0 aliphatic carbocycles. The van der Waals surface area contributed by atoms with Crippen LogP contribution in [0.1, 0.15) is 6.92 Å². The molecule has 1 rings (SSSR count). The van der Waals surface area contributed by atoms with Gasteiger partial charge in [0.05, 0.1) is 6.54 Å². The molecule has 1 aliphatic heterocycles. The van der Waals surface area contributed by atoms with Crippen molar-refractivity contribution in [3.63, 3.8) is 0 Å². The van der Waals surface area contributed by atoms with Gasteiger partial charge in [0.25, 0.3) is 5.91 Å². The summed E-state index contributed by atoms with van der Waals surface area (Å²) < 4.78 is 36.6. The van der Waals surface area contributed by atoms with E-state index < -0.39 is 18.2 Å². The SMILES string of the molecule is CC(ON1CC=CN=C1C(N)=O)C(F)(F)F. The van der Waals surface area contributed by atoms with Crippen LogP contribution in [0.5, 0.6) is 0 Å². The van der Waals surface area contributed by atoms with Crippen LogP contribution >= 0.6 is 0 Å². The molecular formula is C8H10F3N3O2. The Labute approximate surface area is 89.3 Å². The molecule has 1 atom stereocenters. The third-order valence-corrected chi connectivity index (χ3v) is 1.78. The van der Waals surface area contributed by atoms with Crippen molar-refractivity contribution < 1.29 is 22.8 Å². The number of rotatable bonds is 3. The summed E-state index contributed by atoms with van der Waals surface area (Å²) in [6.07, 6.45) is -3.83. The third-order valence-electron chi connectivity index (χ3n) is 1.78. The summed E-state index contributed by atoms with van der Waals surface area (Å²) in [4.78, 5) is 18.9. The summed E-state index contributed by atoms with van der Waals surface area (Å²) in [5, 5.41) is 0.723. The molecule has 90 valence electrons. The average molecular weight is 237 g/mol. The van der Waals surface area contributed by atoms with Crippen molar-refractivity contribution >= 4 is 11.7 Å². The van der Waals surface area contributed by atoms with Crippen LogP contribution in [-0.2, 0) is 9.63 Å². The van der Waals surface area contributed by atoms with Crippen LogP contribution in [0.3, 0.4) is 0 Å². The fraction of sp³-hybridized carbons (Fsp3) is 0.500. The second-order valence-corrected chi connectivity index (χ2v) is 3.05. The van der Waals surface area contributed by atoms with Crippen molar-refractivity contribution in [2.75, 3.05) is 6.54 Å². The molecule has 0 spiro atoms. The second-order valence-electron chi connectivity index (χ2n) is 3.05. The fourth-order valence-corrected chi connectivity index (χ4v) is 0.947. The Bertz CT molecular complexity index is 338. The predicted octanol–water partition coefficient (Wildman–Crippen LogP) is 0.582. The lowest BCUT2D eigenvalue weighted by Gasteiger charge is -2.27. The Hall–Kier alpha value is -1.57. The largest absolute Gasteiger partial charge is 0.416 e. The highest BCUT2D eigenvalue weighted by molar-refractivity contribution is 6.37. The summed E-state index contributed by atoms with van der Waals surface area (Å²) in [7, 11) is 0. The van der Waals surface area contributed by atoms with E-state index in [1.54, 1.807) is 0 Å². The molecule has 1 heterocycles.